The van der Waals surface area contributed by atoms with Gasteiger partial charge in [0.25, 0.3) is 0 Å². The lowest BCUT2D eigenvalue weighted by atomic mass is 10.2. The average Bonchev–Trinajstić information content (AvgIpc) is 3.18. The lowest BCUT2D eigenvalue weighted by molar-refractivity contribution is 0.0600. The SMILES string of the molecule is COC(=O)c1ccc(NC(=O)Nc2ccccc2-c2nc3ccccc3s2)cc1. The normalized spacial score (nSPS) is 10.5. The standard InChI is InChI=1S/C22H17N3O3S/c1-28-21(26)14-10-12-15(13-11-14)23-22(27)25-17-7-3-2-6-16(17)20-24-18-8-4-5-9-19(18)29-20/h2-13H,1H3,(H2,23,25,27). The Balaban J connectivity index is 1.52. The van der Waals surface area contributed by atoms with Crippen molar-refractivity contribution in [3.05, 3.63) is 78.4 Å². The summed E-state index contributed by atoms with van der Waals surface area (Å²) in [6.45, 7) is 0. The number of carbonyl (C=O) groups is 2. The molecule has 29 heavy (non-hydrogen) atoms. The fourth-order valence-electron chi connectivity index (χ4n) is 2.86. The summed E-state index contributed by atoms with van der Waals surface area (Å²) < 4.78 is 5.76. The fraction of sp³-hybridized carbons (Fsp3) is 0.0455. The van der Waals surface area contributed by atoms with Gasteiger partial charge in [-0.25, -0.2) is 14.6 Å². The van der Waals surface area contributed by atoms with E-state index in [0.717, 1.165) is 20.8 Å². The first-order chi connectivity index (χ1) is 14.1. The van der Waals surface area contributed by atoms with Gasteiger partial charge < -0.3 is 15.4 Å². The molecule has 2 N–H and O–H groups in total. The van der Waals surface area contributed by atoms with Crippen molar-refractivity contribution in [1.82, 2.24) is 4.98 Å². The van der Waals surface area contributed by atoms with Crippen molar-refractivity contribution in [2.24, 2.45) is 0 Å². The molecule has 2 amide bonds. The molecule has 1 aromatic heterocycles. The highest BCUT2D eigenvalue weighted by Gasteiger charge is 2.13. The smallest absolute Gasteiger partial charge is 0.337 e. The highest BCUT2D eigenvalue weighted by molar-refractivity contribution is 7.21. The number of benzene rings is 3. The lowest BCUT2D eigenvalue weighted by Crippen LogP contribution is -2.19. The summed E-state index contributed by atoms with van der Waals surface area (Å²) in [5.74, 6) is -0.425. The number of hydrogen-bond donors (Lipinski definition) is 2. The molecule has 0 aliphatic carbocycles. The number of ether oxygens (including phenoxy) is 1. The third kappa shape index (κ3) is 4.09. The Kier molecular flexibility index (Phi) is 5.22. The second-order valence-corrected chi connectivity index (χ2v) is 7.21. The number of rotatable bonds is 4. The van der Waals surface area contributed by atoms with Crippen LogP contribution >= 0.6 is 11.3 Å². The van der Waals surface area contributed by atoms with E-state index in [-0.39, 0.29) is 6.03 Å². The zero-order valence-electron chi connectivity index (χ0n) is 15.5. The minimum atomic E-state index is -0.425. The van der Waals surface area contributed by atoms with E-state index in [0.29, 0.717) is 16.9 Å². The van der Waals surface area contributed by atoms with Crippen molar-refractivity contribution in [2.45, 2.75) is 0 Å². The predicted octanol–water partition coefficient (Wildman–Crippen LogP) is 5.39. The molecule has 0 unspecified atom stereocenters. The maximum atomic E-state index is 12.5. The first-order valence-electron chi connectivity index (χ1n) is 8.85. The van der Waals surface area contributed by atoms with Gasteiger partial charge in [-0.2, -0.15) is 0 Å². The second-order valence-electron chi connectivity index (χ2n) is 6.18. The van der Waals surface area contributed by atoms with E-state index < -0.39 is 5.97 Å². The van der Waals surface area contributed by atoms with E-state index in [1.807, 2.05) is 48.5 Å². The number of nitrogens with one attached hydrogen (secondary N) is 2. The molecule has 0 saturated heterocycles. The number of thiazole rings is 1. The van der Waals surface area contributed by atoms with Crippen LogP contribution in [0.3, 0.4) is 0 Å². The van der Waals surface area contributed by atoms with Gasteiger partial charge in [0.2, 0.25) is 0 Å². The number of methoxy groups -OCH3 is 1. The zero-order valence-corrected chi connectivity index (χ0v) is 16.3. The molecule has 144 valence electrons. The minimum absolute atomic E-state index is 0.385. The van der Waals surface area contributed by atoms with Crippen LogP contribution in [0.2, 0.25) is 0 Å². The van der Waals surface area contributed by atoms with E-state index >= 15 is 0 Å². The molecule has 1 heterocycles. The van der Waals surface area contributed by atoms with Gasteiger partial charge >= 0.3 is 12.0 Å². The van der Waals surface area contributed by atoms with Gasteiger partial charge in [-0.05, 0) is 48.5 Å². The van der Waals surface area contributed by atoms with Gasteiger partial charge in [0.1, 0.15) is 5.01 Å². The van der Waals surface area contributed by atoms with E-state index in [4.69, 9.17) is 0 Å². The number of anilines is 2. The maximum absolute atomic E-state index is 12.5. The number of aromatic nitrogens is 1. The molecule has 0 fully saturated rings. The van der Waals surface area contributed by atoms with E-state index in [2.05, 4.69) is 20.4 Å². The molecule has 0 saturated carbocycles. The first kappa shape index (κ1) is 18.6. The summed E-state index contributed by atoms with van der Waals surface area (Å²) in [6.07, 6.45) is 0. The lowest BCUT2D eigenvalue weighted by Gasteiger charge is -2.11. The topological polar surface area (TPSA) is 80.3 Å². The van der Waals surface area contributed by atoms with Crippen LogP contribution in [-0.2, 0) is 4.74 Å². The van der Waals surface area contributed by atoms with Crippen LogP contribution in [0, 0.1) is 0 Å². The predicted molar refractivity (Wildman–Crippen MR) is 115 cm³/mol. The third-order valence-electron chi connectivity index (χ3n) is 4.26. The van der Waals surface area contributed by atoms with Crippen molar-refractivity contribution in [1.29, 1.82) is 0 Å². The molecule has 4 rings (SSSR count). The number of hydrogen-bond acceptors (Lipinski definition) is 5. The highest BCUT2D eigenvalue weighted by Crippen LogP contribution is 2.34. The Morgan fingerprint density at radius 3 is 2.38 bits per heavy atom. The summed E-state index contributed by atoms with van der Waals surface area (Å²) in [4.78, 5) is 28.7. The van der Waals surface area contributed by atoms with Crippen LogP contribution in [0.25, 0.3) is 20.8 Å². The Morgan fingerprint density at radius 2 is 1.62 bits per heavy atom. The maximum Gasteiger partial charge on any atom is 0.337 e. The van der Waals surface area contributed by atoms with Crippen molar-refractivity contribution in [3.63, 3.8) is 0 Å². The van der Waals surface area contributed by atoms with Crippen molar-refractivity contribution in [2.75, 3.05) is 17.7 Å². The third-order valence-corrected chi connectivity index (χ3v) is 5.33. The Bertz CT molecular complexity index is 1150. The molecular formula is C22H17N3O3S. The Hall–Kier alpha value is -3.71. The summed E-state index contributed by atoms with van der Waals surface area (Å²) in [5.41, 5.74) is 3.42. The monoisotopic (exact) mass is 403 g/mol. The fourth-order valence-corrected chi connectivity index (χ4v) is 3.86. The summed E-state index contributed by atoms with van der Waals surface area (Å²) >= 11 is 1.58. The van der Waals surface area contributed by atoms with Crippen molar-refractivity contribution < 1.29 is 14.3 Å². The van der Waals surface area contributed by atoms with Crippen LogP contribution < -0.4 is 10.6 Å². The van der Waals surface area contributed by atoms with Gasteiger partial charge in [-0.3, -0.25) is 0 Å². The van der Waals surface area contributed by atoms with Crippen molar-refractivity contribution >= 4 is 44.9 Å². The number of carbonyl (C=O) groups excluding carboxylic acids is 2. The van der Waals surface area contributed by atoms with Gasteiger partial charge in [0.05, 0.1) is 28.6 Å². The molecular weight excluding hydrogens is 386 g/mol. The van der Waals surface area contributed by atoms with E-state index in [1.165, 1.54) is 7.11 Å². The van der Waals surface area contributed by atoms with Gasteiger partial charge in [0.15, 0.2) is 0 Å². The molecule has 0 atom stereocenters. The van der Waals surface area contributed by atoms with Crippen LogP contribution in [0.1, 0.15) is 10.4 Å². The molecule has 0 aliphatic heterocycles. The highest BCUT2D eigenvalue weighted by atomic mass is 32.1. The largest absolute Gasteiger partial charge is 0.465 e. The molecule has 3 aromatic carbocycles. The number of urea groups is 1. The minimum Gasteiger partial charge on any atom is -0.465 e. The van der Waals surface area contributed by atoms with Gasteiger partial charge in [-0.1, -0.05) is 24.3 Å². The number of amides is 2. The van der Waals surface area contributed by atoms with Crippen LogP contribution in [-0.4, -0.2) is 24.1 Å². The van der Waals surface area contributed by atoms with Crippen LogP contribution in [0.4, 0.5) is 16.2 Å². The van der Waals surface area contributed by atoms with Crippen LogP contribution in [0.5, 0.6) is 0 Å². The zero-order chi connectivity index (χ0) is 20.2. The molecule has 4 aromatic rings. The summed E-state index contributed by atoms with van der Waals surface area (Å²) in [7, 11) is 1.32. The molecule has 0 radical (unpaired) electrons. The Morgan fingerprint density at radius 1 is 0.897 bits per heavy atom. The number of fused-ring (bicyclic) bond motifs is 1. The van der Waals surface area contributed by atoms with Gasteiger partial charge in [-0.15, -0.1) is 11.3 Å². The number of esters is 1. The molecule has 0 bridgehead atoms. The number of nitrogens with zero attached hydrogens (tertiary/aromatic N) is 1. The van der Waals surface area contributed by atoms with E-state index in [9.17, 15) is 9.59 Å². The molecule has 0 aliphatic rings. The first-order valence-corrected chi connectivity index (χ1v) is 9.67. The average molecular weight is 403 g/mol. The molecule has 6 nitrogen and oxygen atoms in total. The molecule has 7 heteroatoms. The van der Waals surface area contributed by atoms with E-state index in [1.54, 1.807) is 35.6 Å². The number of para-hydroxylation sites is 2. The van der Waals surface area contributed by atoms with Gasteiger partial charge in [0, 0.05) is 11.3 Å². The Labute approximate surface area is 171 Å². The summed E-state index contributed by atoms with van der Waals surface area (Å²) in [5, 5.41) is 6.47. The summed E-state index contributed by atoms with van der Waals surface area (Å²) in [6, 6.07) is 21.6. The molecule has 0 spiro atoms. The second kappa shape index (κ2) is 8.12. The van der Waals surface area contributed by atoms with Crippen LogP contribution in [0.15, 0.2) is 72.8 Å². The quantitative estimate of drug-likeness (QED) is 0.448. The van der Waals surface area contributed by atoms with Crippen molar-refractivity contribution in [3.8, 4) is 10.6 Å².